The first kappa shape index (κ1) is 49.4. The SMILES string of the molecule is CCCCCCCCCCCCCCCCCCCCCCCCCCCCCCCC(O)C(CO)NC(=O)CCCCCCCCCCC. The van der Waals surface area contributed by atoms with E-state index in [1.54, 1.807) is 0 Å². The van der Waals surface area contributed by atoms with Crippen molar-refractivity contribution in [2.24, 2.45) is 0 Å². The molecule has 0 aliphatic carbocycles. The molecule has 300 valence electrons. The molecule has 0 fully saturated rings. The highest BCUT2D eigenvalue weighted by atomic mass is 16.3. The van der Waals surface area contributed by atoms with Crippen molar-refractivity contribution in [2.75, 3.05) is 6.61 Å². The first-order chi connectivity index (χ1) is 24.7. The third-order valence-corrected chi connectivity index (χ3v) is 11.1. The van der Waals surface area contributed by atoms with Crippen molar-refractivity contribution in [1.29, 1.82) is 0 Å². The maximum absolute atomic E-state index is 12.3. The first-order valence-electron chi connectivity index (χ1n) is 23.2. The molecule has 0 aliphatic heterocycles. The number of carbonyl (C=O) groups is 1. The number of aliphatic hydroxyl groups is 2. The van der Waals surface area contributed by atoms with Crippen LogP contribution in [0, 0.1) is 0 Å². The van der Waals surface area contributed by atoms with E-state index in [0.717, 1.165) is 25.7 Å². The van der Waals surface area contributed by atoms with E-state index >= 15 is 0 Å². The number of hydrogen-bond acceptors (Lipinski definition) is 3. The van der Waals surface area contributed by atoms with Crippen LogP contribution in [0.15, 0.2) is 0 Å². The van der Waals surface area contributed by atoms with E-state index in [0.29, 0.717) is 12.8 Å². The van der Waals surface area contributed by atoms with Crippen LogP contribution < -0.4 is 5.32 Å². The van der Waals surface area contributed by atoms with Crippen LogP contribution >= 0.6 is 0 Å². The summed E-state index contributed by atoms with van der Waals surface area (Å²) in [5.74, 6) is -0.0309. The Labute approximate surface area is 314 Å². The van der Waals surface area contributed by atoms with Gasteiger partial charge in [0.2, 0.25) is 5.91 Å². The van der Waals surface area contributed by atoms with E-state index in [9.17, 15) is 15.0 Å². The average Bonchev–Trinajstić information content (AvgIpc) is 3.12. The lowest BCUT2D eigenvalue weighted by molar-refractivity contribution is -0.123. The molecule has 2 atom stereocenters. The molecule has 0 saturated heterocycles. The summed E-state index contributed by atoms with van der Waals surface area (Å²) in [7, 11) is 0. The van der Waals surface area contributed by atoms with Crippen LogP contribution in [0.4, 0.5) is 0 Å². The Kier molecular flexibility index (Phi) is 42.3. The van der Waals surface area contributed by atoms with Crippen LogP contribution in [0.25, 0.3) is 0 Å². The van der Waals surface area contributed by atoms with E-state index in [4.69, 9.17) is 0 Å². The second-order valence-corrected chi connectivity index (χ2v) is 16.2. The molecule has 50 heavy (non-hydrogen) atoms. The van der Waals surface area contributed by atoms with E-state index in [1.165, 1.54) is 218 Å². The summed E-state index contributed by atoms with van der Waals surface area (Å²) >= 11 is 0. The van der Waals surface area contributed by atoms with E-state index in [2.05, 4.69) is 19.2 Å². The van der Waals surface area contributed by atoms with Gasteiger partial charge in [0.1, 0.15) is 0 Å². The lowest BCUT2D eigenvalue weighted by atomic mass is 10.0. The minimum absolute atomic E-state index is 0.0309. The number of nitrogens with one attached hydrogen (secondary N) is 1. The average molecular weight is 708 g/mol. The van der Waals surface area contributed by atoms with Gasteiger partial charge < -0.3 is 15.5 Å². The molecule has 0 bridgehead atoms. The van der Waals surface area contributed by atoms with Crippen molar-refractivity contribution in [3.8, 4) is 0 Å². The largest absolute Gasteiger partial charge is 0.394 e. The van der Waals surface area contributed by atoms with Gasteiger partial charge in [0.25, 0.3) is 0 Å². The quantitative estimate of drug-likeness (QED) is 0.0553. The van der Waals surface area contributed by atoms with Gasteiger partial charge in [-0.3, -0.25) is 4.79 Å². The summed E-state index contributed by atoms with van der Waals surface area (Å²) in [5.41, 5.74) is 0. The third kappa shape index (κ3) is 38.6. The Morgan fingerprint density at radius 2 is 0.640 bits per heavy atom. The molecular formula is C46H93NO3. The predicted molar refractivity (Wildman–Crippen MR) is 221 cm³/mol. The zero-order valence-electron chi connectivity index (χ0n) is 34.4. The van der Waals surface area contributed by atoms with Crippen LogP contribution in [0.1, 0.15) is 271 Å². The normalized spacial score (nSPS) is 12.8. The highest BCUT2D eigenvalue weighted by molar-refractivity contribution is 5.76. The minimum atomic E-state index is -0.652. The number of aliphatic hydroxyl groups excluding tert-OH is 2. The summed E-state index contributed by atoms with van der Waals surface area (Å²) in [6.45, 7) is 4.36. The number of carbonyl (C=O) groups excluding carboxylic acids is 1. The molecule has 0 spiro atoms. The second kappa shape index (κ2) is 42.8. The third-order valence-electron chi connectivity index (χ3n) is 11.1. The number of hydrogen-bond donors (Lipinski definition) is 3. The molecule has 0 aromatic carbocycles. The summed E-state index contributed by atoms with van der Waals surface area (Å²) in [6, 6.07) is -0.528. The molecule has 0 aromatic rings. The van der Waals surface area contributed by atoms with Crippen molar-refractivity contribution in [2.45, 2.75) is 283 Å². The van der Waals surface area contributed by atoms with Gasteiger partial charge in [-0.05, 0) is 12.8 Å². The van der Waals surface area contributed by atoms with Crippen molar-refractivity contribution in [3.05, 3.63) is 0 Å². The zero-order valence-corrected chi connectivity index (χ0v) is 34.4. The minimum Gasteiger partial charge on any atom is -0.394 e. The predicted octanol–water partition coefficient (Wildman–Crippen LogP) is 14.5. The van der Waals surface area contributed by atoms with E-state index < -0.39 is 12.1 Å². The maximum Gasteiger partial charge on any atom is 0.220 e. The summed E-state index contributed by atoms with van der Waals surface area (Å²) in [6.07, 6.45) is 52.1. The molecule has 0 saturated carbocycles. The molecule has 1 amide bonds. The van der Waals surface area contributed by atoms with Crippen LogP contribution in [0.5, 0.6) is 0 Å². The standard InChI is InChI=1S/C46H93NO3/c1-3-5-7-9-11-13-14-15-16-17-18-19-20-21-22-23-24-25-26-27-28-29-30-31-32-34-35-37-39-41-45(49)44(43-48)47-46(50)42-40-38-36-33-12-10-8-6-4-2/h44-45,48-49H,3-43H2,1-2H3,(H,47,50). The fraction of sp³-hybridized carbons (Fsp3) is 0.978. The summed E-state index contributed by atoms with van der Waals surface area (Å²) < 4.78 is 0. The fourth-order valence-electron chi connectivity index (χ4n) is 7.54. The van der Waals surface area contributed by atoms with Gasteiger partial charge in [-0.15, -0.1) is 0 Å². The van der Waals surface area contributed by atoms with Gasteiger partial charge >= 0.3 is 0 Å². The molecular weight excluding hydrogens is 615 g/mol. The van der Waals surface area contributed by atoms with Crippen molar-refractivity contribution in [3.63, 3.8) is 0 Å². The molecule has 4 nitrogen and oxygen atoms in total. The summed E-state index contributed by atoms with van der Waals surface area (Å²) in [4.78, 5) is 12.3. The Morgan fingerprint density at radius 1 is 0.400 bits per heavy atom. The summed E-state index contributed by atoms with van der Waals surface area (Å²) in [5, 5.41) is 23.1. The lowest BCUT2D eigenvalue weighted by Gasteiger charge is -2.22. The maximum atomic E-state index is 12.3. The molecule has 0 rings (SSSR count). The topological polar surface area (TPSA) is 69.6 Å². The molecule has 0 aromatic heterocycles. The van der Waals surface area contributed by atoms with Gasteiger partial charge in [-0.25, -0.2) is 0 Å². The Bertz CT molecular complexity index is 641. The van der Waals surface area contributed by atoms with E-state index in [1.807, 2.05) is 0 Å². The first-order valence-corrected chi connectivity index (χ1v) is 23.2. The Morgan fingerprint density at radius 3 is 0.900 bits per heavy atom. The van der Waals surface area contributed by atoms with E-state index in [-0.39, 0.29) is 12.5 Å². The molecule has 0 aliphatic rings. The number of amides is 1. The lowest BCUT2D eigenvalue weighted by Crippen LogP contribution is -2.45. The zero-order chi connectivity index (χ0) is 36.4. The fourth-order valence-corrected chi connectivity index (χ4v) is 7.54. The van der Waals surface area contributed by atoms with Crippen LogP contribution in [0.3, 0.4) is 0 Å². The van der Waals surface area contributed by atoms with Crippen molar-refractivity contribution >= 4 is 5.91 Å². The molecule has 0 radical (unpaired) electrons. The van der Waals surface area contributed by atoms with Crippen LogP contribution in [-0.4, -0.2) is 34.9 Å². The Balaban J connectivity index is 3.35. The molecule has 0 heterocycles. The van der Waals surface area contributed by atoms with Crippen molar-refractivity contribution in [1.82, 2.24) is 5.32 Å². The van der Waals surface area contributed by atoms with Gasteiger partial charge in [0.05, 0.1) is 18.8 Å². The van der Waals surface area contributed by atoms with Gasteiger partial charge in [0, 0.05) is 6.42 Å². The molecule has 4 heteroatoms. The van der Waals surface area contributed by atoms with Crippen LogP contribution in [0.2, 0.25) is 0 Å². The van der Waals surface area contributed by atoms with Gasteiger partial charge in [-0.2, -0.15) is 0 Å². The molecule has 3 N–H and O–H groups in total. The highest BCUT2D eigenvalue weighted by Crippen LogP contribution is 2.17. The van der Waals surface area contributed by atoms with Gasteiger partial charge in [0.15, 0.2) is 0 Å². The Hall–Kier alpha value is -0.610. The van der Waals surface area contributed by atoms with Crippen molar-refractivity contribution < 1.29 is 15.0 Å². The van der Waals surface area contributed by atoms with Gasteiger partial charge in [-0.1, -0.05) is 251 Å². The monoisotopic (exact) mass is 708 g/mol. The second-order valence-electron chi connectivity index (χ2n) is 16.2. The number of rotatable bonds is 43. The number of unbranched alkanes of at least 4 members (excludes halogenated alkanes) is 36. The van der Waals surface area contributed by atoms with Crippen LogP contribution in [-0.2, 0) is 4.79 Å². The smallest absolute Gasteiger partial charge is 0.220 e. The highest BCUT2D eigenvalue weighted by Gasteiger charge is 2.20. The molecule has 2 unspecified atom stereocenters.